The highest BCUT2D eigenvalue weighted by Crippen LogP contribution is 2.32. The number of hydrogen-bond acceptors (Lipinski definition) is 2. The number of hydrogen-bond donors (Lipinski definition) is 2. The summed E-state index contributed by atoms with van der Waals surface area (Å²) in [5.74, 6) is -2.96. The van der Waals surface area contributed by atoms with E-state index in [9.17, 15) is 8.78 Å². The van der Waals surface area contributed by atoms with Gasteiger partial charge in [-0.15, -0.1) is 0 Å². The van der Waals surface area contributed by atoms with Crippen LogP contribution in [0.1, 0.15) is 19.3 Å². The summed E-state index contributed by atoms with van der Waals surface area (Å²) in [5.41, 5.74) is 5.22. The van der Waals surface area contributed by atoms with Crippen molar-refractivity contribution >= 4 is 0 Å². The van der Waals surface area contributed by atoms with Gasteiger partial charge in [0, 0.05) is 12.5 Å². The molecule has 0 radical (unpaired) electrons. The summed E-state index contributed by atoms with van der Waals surface area (Å²) < 4.78 is 25.0. The van der Waals surface area contributed by atoms with Gasteiger partial charge in [-0.1, -0.05) is 0 Å². The van der Waals surface area contributed by atoms with E-state index in [0.29, 0.717) is 12.8 Å². The van der Waals surface area contributed by atoms with Crippen molar-refractivity contribution in [1.82, 2.24) is 0 Å². The molecule has 0 amide bonds. The van der Waals surface area contributed by atoms with Gasteiger partial charge in [0.25, 0.3) is 5.92 Å². The topological polar surface area (TPSA) is 46.2 Å². The largest absolute Gasteiger partial charge is 0.385 e. The smallest absolute Gasteiger partial charge is 0.274 e. The summed E-state index contributed by atoms with van der Waals surface area (Å²) >= 11 is 0. The van der Waals surface area contributed by atoms with Gasteiger partial charge in [0.2, 0.25) is 0 Å². The standard InChI is InChI=1S/C6H11F2NO/c7-6(8)3-1-2-4(9)5(6)10/h4-5,10H,1-3,9H2. The fraction of sp³-hybridized carbons (Fsp3) is 1.00. The summed E-state index contributed by atoms with van der Waals surface area (Å²) in [6.45, 7) is 0. The van der Waals surface area contributed by atoms with Crippen LogP contribution in [0.3, 0.4) is 0 Å². The van der Waals surface area contributed by atoms with E-state index in [-0.39, 0.29) is 6.42 Å². The Morgan fingerprint density at radius 3 is 2.50 bits per heavy atom. The fourth-order valence-electron chi connectivity index (χ4n) is 1.19. The molecule has 2 unspecified atom stereocenters. The monoisotopic (exact) mass is 151 g/mol. The van der Waals surface area contributed by atoms with E-state index >= 15 is 0 Å². The molecule has 0 aromatic heterocycles. The molecule has 1 rings (SSSR count). The van der Waals surface area contributed by atoms with E-state index in [4.69, 9.17) is 10.8 Å². The van der Waals surface area contributed by atoms with E-state index < -0.39 is 18.1 Å². The van der Waals surface area contributed by atoms with Crippen LogP contribution in [0.5, 0.6) is 0 Å². The molecule has 10 heavy (non-hydrogen) atoms. The molecule has 0 aliphatic heterocycles. The third-order valence-electron chi connectivity index (χ3n) is 1.89. The zero-order chi connectivity index (χ0) is 7.78. The second kappa shape index (κ2) is 2.43. The Labute approximate surface area is 58.0 Å². The van der Waals surface area contributed by atoms with Crippen molar-refractivity contribution in [3.05, 3.63) is 0 Å². The summed E-state index contributed by atoms with van der Waals surface area (Å²) in [6, 6.07) is -0.747. The SMILES string of the molecule is NC1CCCC(F)(F)C1O. The van der Waals surface area contributed by atoms with E-state index in [0.717, 1.165) is 0 Å². The van der Waals surface area contributed by atoms with E-state index in [1.165, 1.54) is 0 Å². The van der Waals surface area contributed by atoms with E-state index in [1.54, 1.807) is 0 Å². The van der Waals surface area contributed by atoms with Crippen LogP contribution >= 0.6 is 0 Å². The molecule has 0 aromatic carbocycles. The van der Waals surface area contributed by atoms with Crippen molar-refractivity contribution in [1.29, 1.82) is 0 Å². The van der Waals surface area contributed by atoms with Gasteiger partial charge in [-0.05, 0) is 12.8 Å². The number of aliphatic hydroxyl groups excluding tert-OH is 1. The Morgan fingerprint density at radius 2 is 2.10 bits per heavy atom. The molecule has 1 aliphatic rings. The first-order valence-corrected chi connectivity index (χ1v) is 3.35. The van der Waals surface area contributed by atoms with Crippen molar-refractivity contribution in [2.45, 2.75) is 37.3 Å². The van der Waals surface area contributed by atoms with Crippen molar-refractivity contribution < 1.29 is 13.9 Å². The van der Waals surface area contributed by atoms with Crippen LogP contribution in [0.25, 0.3) is 0 Å². The number of rotatable bonds is 0. The average molecular weight is 151 g/mol. The van der Waals surface area contributed by atoms with E-state index in [1.807, 2.05) is 0 Å². The van der Waals surface area contributed by atoms with Crippen LogP contribution in [-0.2, 0) is 0 Å². The molecule has 60 valence electrons. The van der Waals surface area contributed by atoms with E-state index in [2.05, 4.69) is 0 Å². The molecule has 2 nitrogen and oxygen atoms in total. The van der Waals surface area contributed by atoms with Crippen LogP contribution < -0.4 is 5.73 Å². The van der Waals surface area contributed by atoms with Gasteiger partial charge in [0.1, 0.15) is 6.10 Å². The molecule has 2 atom stereocenters. The van der Waals surface area contributed by atoms with Crippen molar-refractivity contribution in [2.75, 3.05) is 0 Å². The third kappa shape index (κ3) is 1.27. The Balaban J connectivity index is 2.60. The summed E-state index contributed by atoms with van der Waals surface area (Å²) in [6.07, 6.45) is -0.967. The Hall–Kier alpha value is -0.220. The first-order chi connectivity index (χ1) is 4.54. The molecular formula is C6H11F2NO. The first kappa shape index (κ1) is 7.88. The zero-order valence-corrected chi connectivity index (χ0v) is 5.56. The molecule has 0 aromatic rings. The molecule has 0 saturated heterocycles. The average Bonchev–Trinajstić information content (AvgIpc) is 1.83. The molecule has 1 fully saturated rings. The molecule has 1 aliphatic carbocycles. The van der Waals surface area contributed by atoms with Crippen LogP contribution in [-0.4, -0.2) is 23.2 Å². The molecule has 4 heteroatoms. The highest BCUT2D eigenvalue weighted by Gasteiger charge is 2.44. The van der Waals surface area contributed by atoms with Crippen LogP contribution in [0.15, 0.2) is 0 Å². The molecule has 0 heterocycles. The van der Waals surface area contributed by atoms with Crippen LogP contribution in [0, 0.1) is 0 Å². The predicted octanol–water partition coefficient (Wildman–Crippen LogP) is 0.494. The second-order valence-electron chi connectivity index (χ2n) is 2.76. The summed E-state index contributed by atoms with van der Waals surface area (Å²) in [7, 11) is 0. The predicted molar refractivity (Wildman–Crippen MR) is 32.8 cm³/mol. The maximum Gasteiger partial charge on any atom is 0.274 e. The number of aliphatic hydroxyl groups is 1. The molecule has 0 spiro atoms. The highest BCUT2D eigenvalue weighted by atomic mass is 19.3. The number of nitrogens with two attached hydrogens (primary N) is 1. The highest BCUT2D eigenvalue weighted by molar-refractivity contribution is 4.89. The van der Waals surface area contributed by atoms with Gasteiger partial charge >= 0.3 is 0 Å². The lowest BCUT2D eigenvalue weighted by molar-refractivity contribution is -0.138. The maximum atomic E-state index is 12.5. The minimum absolute atomic E-state index is 0.234. The number of alkyl halides is 2. The van der Waals surface area contributed by atoms with Crippen molar-refractivity contribution in [2.24, 2.45) is 5.73 Å². The first-order valence-electron chi connectivity index (χ1n) is 3.35. The van der Waals surface area contributed by atoms with Crippen LogP contribution in [0.4, 0.5) is 8.78 Å². The lowest BCUT2D eigenvalue weighted by Crippen LogP contribution is -2.50. The Bertz CT molecular complexity index is 129. The Kier molecular flexibility index (Phi) is 1.92. The summed E-state index contributed by atoms with van der Waals surface area (Å²) in [5, 5.41) is 8.83. The zero-order valence-electron chi connectivity index (χ0n) is 5.56. The quantitative estimate of drug-likeness (QED) is 0.529. The van der Waals surface area contributed by atoms with Crippen molar-refractivity contribution in [3.63, 3.8) is 0 Å². The molecule has 3 N–H and O–H groups in total. The van der Waals surface area contributed by atoms with Gasteiger partial charge in [-0.25, -0.2) is 8.78 Å². The van der Waals surface area contributed by atoms with Crippen LogP contribution in [0.2, 0.25) is 0 Å². The third-order valence-corrected chi connectivity index (χ3v) is 1.89. The maximum absolute atomic E-state index is 12.5. The van der Waals surface area contributed by atoms with Gasteiger partial charge in [-0.3, -0.25) is 0 Å². The van der Waals surface area contributed by atoms with Gasteiger partial charge < -0.3 is 10.8 Å². The summed E-state index contributed by atoms with van der Waals surface area (Å²) in [4.78, 5) is 0. The normalized spacial score (nSPS) is 39.6. The molecule has 1 saturated carbocycles. The minimum atomic E-state index is -2.96. The lowest BCUT2D eigenvalue weighted by Gasteiger charge is -2.31. The molecule has 0 bridgehead atoms. The van der Waals surface area contributed by atoms with Gasteiger partial charge in [0.05, 0.1) is 0 Å². The van der Waals surface area contributed by atoms with Gasteiger partial charge in [0.15, 0.2) is 0 Å². The Morgan fingerprint density at radius 1 is 1.50 bits per heavy atom. The number of halogens is 2. The second-order valence-corrected chi connectivity index (χ2v) is 2.76. The van der Waals surface area contributed by atoms with Gasteiger partial charge in [-0.2, -0.15) is 0 Å². The fourth-order valence-corrected chi connectivity index (χ4v) is 1.19. The molecular weight excluding hydrogens is 140 g/mol. The minimum Gasteiger partial charge on any atom is -0.385 e. The lowest BCUT2D eigenvalue weighted by atomic mass is 9.90. The van der Waals surface area contributed by atoms with Crippen molar-refractivity contribution in [3.8, 4) is 0 Å².